The van der Waals surface area contributed by atoms with Crippen LogP contribution in [0.3, 0.4) is 0 Å². The van der Waals surface area contributed by atoms with E-state index in [9.17, 15) is 9.18 Å². The Balaban J connectivity index is 1.49. The SMILES string of the molecule is Cc1cc(C=O)c(-c2ncccn2)c(N2CCCOC2Cn2ccc(-c3ccc(F)cc3)n2)c1. The van der Waals surface area contributed by atoms with Crippen molar-refractivity contribution in [1.82, 2.24) is 19.7 Å². The van der Waals surface area contributed by atoms with Crippen molar-refractivity contribution in [2.45, 2.75) is 26.1 Å². The van der Waals surface area contributed by atoms with E-state index in [2.05, 4.69) is 20.0 Å². The predicted molar refractivity (Wildman–Crippen MR) is 127 cm³/mol. The van der Waals surface area contributed by atoms with Crippen LogP contribution in [0.2, 0.25) is 0 Å². The van der Waals surface area contributed by atoms with Gasteiger partial charge < -0.3 is 9.64 Å². The van der Waals surface area contributed by atoms with Crippen LogP contribution in [0.15, 0.2) is 67.1 Å². The Morgan fingerprint density at radius 3 is 2.71 bits per heavy atom. The lowest BCUT2D eigenvalue weighted by atomic mass is 10.00. The minimum atomic E-state index is -0.293. The Hall–Kier alpha value is -3.91. The number of hydrogen-bond acceptors (Lipinski definition) is 6. The highest BCUT2D eigenvalue weighted by Gasteiger charge is 2.28. The summed E-state index contributed by atoms with van der Waals surface area (Å²) in [5.74, 6) is 0.224. The van der Waals surface area contributed by atoms with E-state index in [0.29, 0.717) is 30.1 Å². The summed E-state index contributed by atoms with van der Waals surface area (Å²) in [7, 11) is 0. The van der Waals surface area contributed by atoms with E-state index in [1.54, 1.807) is 30.6 Å². The van der Waals surface area contributed by atoms with Crippen molar-refractivity contribution in [2.75, 3.05) is 18.1 Å². The molecule has 0 spiro atoms. The average molecular weight is 458 g/mol. The first-order valence-corrected chi connectivity index (χ1v) is 11.2. The quantitative estimate of drug-likeness (QED) is 0.397. The number of halogens is 1. The number of hydrogen-bond donors (Lipinski definition) is 0. The van der Waals surface area contributed by atoms with Gasteiger partial charge in [0, 0.05) is 36.3 Å². The largest absolute Gasteiger partial charge is 0.356 e. The highest BCUT2D eigenvalue weighted by Crippen LogP contribution is 2.35. The number of aryl methyl sites for hydroxylation is 1. The molecule has 1 aliphatic rings. The van der Waals surface area contributed by atoms with E-state index >= 15 is 0 Å². The number of anilines is 1. The minimum Gasteiger partial charge on any atom is -0.356 e. The van der Waals surface area contributed by atoms with Crippen molar-refractivity contribution in [1.29, 1.82) is 0 Å². The lowest BCUT2D eigenvalue weighted by Crippen LogP contribution is -2.46. The van der Waals surface area contributed by atoms with Gasteiger partial charge in [-0.15, -0.1) is 0 Å². The predicted octanol–water partition coefficient (Wildman–Crippen LogP) is 4.52. The fourth-order valence-corrected chi connectivity index (χ4v) is 4.30. The zero-order chi connectivity index (χ0) is 23.5. The molecular weight excluding hydrogens is 433 g/mol. The standard InChI is InChI=1S/C26H24FN5O2/c1-18-14-20(17-33)25(26-28-9-2-10-29-26)23(15-18)32-11-3-13-34-24(32)16-31-12-8-22(30-31)19-4-6-21(27)7-5-19/h2,4-10,12,14-15,17,24H,3,11,13,16H2,1H3. The summed E-state index contributed by atoms with van der Waals surface area (Å²) < 4.78 is 21.3. The molecule has 0 amide bonds. The summed E-state index contributed by atoms with van der Waals surface area (Å²) in [6, 6.07) is 13.8. The molecule has 0 N–H and O–H groups in total. The molecule has 2 aromatic carbocycles. The summed E-state index contributed by atoms with van der Waals surface area (Å²) in [4.78, 5) is 23.0. The molecule has 0 radical (unpaired) electrons. The lowest BCUT2D eigenvalue weighted by molar-refractivity contribution is 0.0134. The normalized spacial score (nSPS) is 15.9. The molecular formula is C26H24FN5O2. The monoisotopic (exact) mass is 457 g/mol. The molecule has 4 aromatic rings. The van der Waals surface area contributed by atoms with Crippen LogP contribution in [0.5, 0.6) is 0 Å². The second kappa shape index (κ2) is 9.52. The smallest absolute Gasteiger partial charge is 0.161 e. The van der Waals surface area contributed by atoms with Crippen LogP contribution >= 0.6 is 0 Å². The maximum Gasteiger partial charge on any atom is 0.161 e. The molecule has 34 heavy (non-hydrogen) atoms. The van der Waals surface area contributed by atoms with Gasteiger partial charge in [0.25, 0.3) is 0 Å². The number of benzene rings is 2. The Kier molecular flexibility index (Phi) is 6.14. The third kappa shape index (κ3) is 4.45. The summed E-state index contributed by atoms with van der Waals surface area (Å²) in [6.07, 6.45) is 6.65. The van der Waals surface area contributed by atoms with Gasteiger partial charge in [-0.2, -0.15) is 5.10 Å². The molecule has 1 saturated heterocycles. The molecule has 0 aliphatic carbocycles. The Bertz CT molecular complexity index is 1290. The van der Waals surface area contributed by atoms with E-state index < -0.39 is 0 Å². The Morgan fingerprint density at radius 1 is 1.15 bits per heavy atom. The molecule has 1 unspecified atom stereocenters. The second-order valence-corrected chi connectivity index (χ2v) is 8.24. The number of nitrogens with zero attached hydrogens (tertiary/aromatic N) is 5. The van der Waals surface area contributed by atoms with Gasteiger partial charge in [0.15, 0.2) is 12.1 Å². The van der Waals surface area contributed by atoms with Crippen LogP contribution in [-0.4, -0.2) is 45.4 Å². The van der Waals surface area contributed by atoms with Crippen molar-refractivity contribution in [3.8, 4) is 22.6 Å². The van der Waals surface area contributed by atoms with E-state index in [0.717, 1.165) is 41.8 Å². The van der Waals surface area contributed by atoms with E-state index in [1.165, 1.54) is 12.1 Å². The van der Waals surface area contributed by atoms with Crippen molar-refractivity contribution in [2.24, 2.45) is 0 Å². The highest BCUT2D eigenvalue weighted by molar-refractivity contribution is 5.93. The van der Waals surface area contributed by atoms with Gasteiger partial charge in [0.2, 0.25) is 0 Å². The molecule has 0 bridgehead atoms. The fraction of sp³-hybridized carbons (Fsp3) is 0.231. The Morgan fingerprint density at radius 2 is 1.94 bits per heavy atom. The fourth-order valence-electron chi connectivity index (χ4n) is 4.30. The first-order valence-electron chi connectivity index (χ1n) is 11.2. The number of carbonyl (C=O) groups is 1. The van der Waals surface area contributed by atoms with Crippen molar-refractivity contribution in [3.63, 3.8) is 0 Å². The zero-order valence-electron chi connectivity index (χ0n) is 18.8. The first-order chi connectivity index (χ1) is 16.6. The van der Waals surface area contributed by atoms with E-state index in [1.807, 2.05) is 36.0 Å². The maximum absolute atomic E-state index is 13.3. The number of aldehydes is 1. The van der Waals surface area contributed by atoms with Crippen LogP contribution in [-0.2, 0) is 11.3 Å². The third-order valence-corrected chi connectivity index (χ3v) is 5.84. The minimum absolute atomic E-state index is 0.277. The van der Waals surface area contributed by atoms with Crippen LogP contribution in [0, 0.1) is 12.7 Å². The van der Waals surface area contributed by atoms with Crippen LogP contribution in [0.25, 0.3) is 22.6 Å². The molecule has 2 aromatic heterocycles. The number of ether oxygens (including phenoxy) is 1. The van der Waals surface area contributed by atoms with Gasteiger partial charge >= 0.3 is 0 Å². The molecule has 1 atom stereocenters. The number of carbonyl (C=O) groups excluding carboxylic acids is 1. The lowest BCUT2D eigenvalue weighted by Gasteiger charge is -2.38. The summed E-state index contributed by atoms with van der Waals surface area (Å²) in [5, 5.41) is 4.67. The molecule has 1 aliphatic heterocycles. The highest BCUT2D eigenvalue weighted by atomic mass is 19.1. The van der Waals surface area contributed by atoms with E-state index in [4.69, 9.17) is 4.74 Å². The van der Waals surface area contributed by atoms with Crippen molar-refractivity contribution in [3.05, 3.63) is 84.1 Å². The van der Waals surface area contributed by atoms with Crippen molar-refractivity contribution >= 4 is 12.0 Å². The zero-order valence-corrected chi connectivity index (χ0v) is 18.8. The Labute approximate surface area is 196 Å². The molecule has 5 rings (SSSR count). The first kappa shape index (κ1) is 21.9. The second-order valence-electron chi connectivity index (χ2n) is 8.24. The number of rotatable bonds is 6. The molecule has 8 heteroatoms. The average Bonchev–Trinajstić information content (AvgIpc) is 3.33. The third-order valence-electron chi connectivity index (χ3n) is 5.84. The van der Waals surface area contributed by atoms with Gasteiger partial charge in [-0.1, -0.05) is 0 Å². The van der Waals surface area contributed by atoms with Gasteiger partial charge in [0.1, 0.15) is 12.0 Å². The summed E-state index contributed by atoms with van der Waals surface area (Å²) in [6.45, 7) is 3.85. The van der Waals surface area contributed by atoms with Gasteiger partial charge in [0.05, 0.1) is 30.1 Å². The molecule has 172 valence electrons. The van der Waals surface area contributed by atoms with Gasteiger partial charge in [-0.3, -0.25) is 9.48 Å². The number of aromatic nitrogens is 4. The van der Waals surface area contributed by atoms with Crippen LogP contribution in [0.4, 0.5) is 10.1 Å². The topological polar surface area (TPSA) is 73.1 Å². The van der Waals surface area contributed by atoms with Crippen molar-refractivity contribution < 1.29 is 13.9 Å². The van der Waals surface area contributed by atoms with E-state index in [-0.39, 0.29) is 12.0 Å². The van der Waals surface area contributed by atoms with Gasteiger partial charge in [-0.05, 0) is 67.4 Å². The van der Waals surface area contributed by atoms with Crippen LogP contribution in [0.1, 0.15) is 22.3 Å². The summed E-state index contributed by atoms with van der Waals surface area (Å²) >= 11 is 0. The molecule has 3 heterocycles. The maximum atomic E-state index is 13.3. The summed E-state index contributed by atoms with van der Waals surface area (Å²) in [5.41, 5.74) is 4.69. The molecule has 7 nitrogen and oxygen atoms in total. The molecule has 0 saturated carbocycles. The van der Waals surface area contributed by atoms with Crippen LogP contribution < -0.4 is 4.90 Å². The molecule has 1 fully saturated rings. The van der Waals surface area contributed by atoms with Gasteiger partial charge in [-0.25, -0.2) is 14.4 Å².